The fourth-order valence-electron chi connectivity index (χ4n) is 1.97. The van der Waals surface area contributed by atoms with Crippen molar-refractivity contribution in [3.05, 3.63) is 53.6 Å². The summed E-state index contributed by atoms with van der Waals surface area (Å²) in [6, 6.07) is 12.2. The van der Waals surface area contributed by atoms with Gasteiger partial charge < -0.3 is 14.2 Å². The van der Waals surface area contributed by atoms with Gasteiger partial charge in [0.15, 0.2) is 17.3 Å². The van der Waals surface area contributed by atoms with Gasteiger partial charge in [-0.05, 0) is 30.3 Å². The molecule has 4 heteroatoms. The van der Waals surface area contributed by atoms with Gasteiger partial charge in [0, 0.05) is 11.1 Å². The molecule has 0 fully saturated rings. The molecule has 0 N–H and O–H groups in total. The molecule has 1 heterocycles. The highest BCUT2D eigenvalue weighted by Gasteiger charge is 2.17. The highest BCUT2D eigenvalue weighted by atomic mass is 16.7. The number of methoxy groups -OCH3 is 1. The first kappa shape index (κ1) is 11.6. The van der Waals surface area contributed by atoms with Crippen molar-refractivity contribution in [3.63, 3.8) is 0 Å². The molecule has 3 rings (SSSR count). The third-order valence-corrected chi connectivity index (χ3v) is 2.97. The molecule has 2 aromatic carbocycles. The Hall–Kier alpha value is -2.49. The van der Waals surface area contributed by atoms with Gasteiger partial charge in [-0.2, -0.15) is 0 Å². The molecule has 0 bridgehead atoms. The Bertz CT molecular complexity index is 634. The Balaban J connectivity index is 1.95. The average Bonchev–Trinajstić information content (AvgIpc) is 2.94. The first-order valence-corrected chi connectivity index (χ1v) is 5.86. The summed E-state index contributed by atoms with van der Waals surface area (Å²) in [6.07, 6.45) is 0. The molecule has 0 spiro atoms. The van der Waals surface area contributed by atoms with Crippen molar-refractivity contribution in [3.8, 4) is 17.2 Å². The van der Waals surface area contributed by atoms with E-state index in [-0.39, 0.29) is 12.6 Å². The maximum atomic E-state index is 12.4. The van der Waals surface area contributed by atoms with E-state index < -0.39 is 0 Å². The molecule has 0 aromatic heterocycles. The third kappa shape index (κ3) is 2.12. The molecule has 0 aliphatic carbocycles. The summed E-state index contributed by atoms with van der Waals surface area (Å²) < 4.78 is 15.6. The van der Waals surface area contributed by atoms with E-state index in [1.807, 2.05) is 0 Å². The lowest BCUT2D eigenvalue weighted by Crippen LogP contribution is -2.01. The second kappa shape index (κ2) is 4.65. The first-order valence-electron chi connectivity index (χ1n) is 5.86. The molecular formula is C15H12O4. The number of hydrogen-bond donors (Lipinski definition) is 0. The number of carbonyl (C=O) groups excluding carboxylic acids is 1. The number of carbonyl (C=O) groups is 1. The molecule has 0 atom stereocenters. The van der Waals surface area contributed by atoms with Crippen LogP contribution in [-0.2, 0) is 0 Å². The molecule has 0 saturated carbocycles. The van der Waals surface area contributed by atoms with Gasteiger partial charge in [0.25, 0.3) is 0 Å². The molecule has 2 aromatic rings. The second-order valence-corrected chi connectivity index (χ2v) is 4.13. The molecule has 1 aliphatic heterocycles. The lowest BCUT2D eigenvalue weighted by atomic mass is 10.0. The SMILES string of the molecule is COc1cccc(C(=O)c2ccc3c(c2)OCO3)c1. The predicted octanol–water partition coefficient (Wildman–Crippen LogP) is 2.65. The zero-order valence-electron chi connectivity index (χ0n) is 10.4. The molecular weight excluding hydrogens is 244 g/mol. The maximum Gasteiger partial charge on any atom is 0.231 e. The van der Waals surface area contributed by atoms with Crippen LogP contribution in [0.25, 0.3) is 0 Å². The molecule has 96 valence electrons. The lowest BCUT2D eigenvalue weighted by Gasteiger charge is -2.05. The Labute approximate surface area is 110 Å². The van der Waals surface area contributed by atoms with Gasteiger partial charge in [0.2, 0.25) is 6.79 Å². The topological polar surface area (TPSA) is 44.8 Å². The first-order chi connectivity index (χ1) is 9.28. The molecule has 1 aliphatic rings. The monoisotopic (exact) mass is 256 g/mol. The molecule has 0 amide bonds. The molecule has 4 nitrogen and oxygen atoms in total. The maximum absolute atomic E-state index is 12.4. The van der Waals surface area contributed by atoms with Crippen LogP contribution in [0.2, 0.25) is 0 Å². The van der Waals surface area contributed by atoms with Crippen LogP contribution < -0.4 is 14.2 Å². The summed E-state index contributed by atoms with van der Waals surface area (Å²) in [4.78, 5) is 12.4. The summed E-state index contributed by atoms with van der Waals surface area (Å²) in [5, 5.41) is 0. The van der Waals surface area contributed by atoms with Crippen molar-refractivity contribution < 1.29 is 19.0 Å². The van der Waals surface area contributed by atoms with Crippen molar-refractivity contribution >= 4 is 5.78 Å². The summed E-state index contributed by atoms with van der Waals surface area (Å²) in [6.45, 7) is 0.201. The second-order valence-electron chi connectivity index (χ2n) is 4.13. The van der Waals surface area contributed by atoms with E-state index in [2.05, 4.69) is 0 Å². The van der Waals surface area contributed by atoms with E-state index in [4.69, 9.17) is 14.2 Å². The lowest BCUT2D eigenvalue weighted by molar-refractivity contribution is 0.103. The highest BCUT2D eigenvalue weighted by molar-refractivity contribution is 6.09. The van der Waals surface area contributed by atoms with Crippen molar-refractivity contribution in [1.29, 1.82) is 0 Å². The average molecular weight is 256 g/mol. The van der Waals surface area contributed by atoms with Crippen LogP contribution in [0.5, 0.6) is 17.2 Å². The summed E-state index contributed by atoms with van der Waals surface area (Å²) >= 11 is 0. The van der Waals surface area contributed by atoms with Crippen molar-refractivity contribution in [2.75, 3.05) is 13.9 Å². The van der Waals surface area contributed by atoms with E-state index in [0.29, 0.717) is 28.4 Å². The normalized spacial score (nSPS) is 12.3. The fraction of sp³-hybridized carbons (Fsp3) is 0.133. The summed E-state index contributed by atoms with van der Waals surface area (Å²) in [5.74, 6) is 1.86. The van der Waals surface area contributed by atoms with Gasteiger partial charge >= 0.3 is 0 Å². The fourth-order valence-corrected chi connectivity index (χ4v) is 1.97. The van der Waals surface area contributed by atoms with Crippen molar-refractivity contribution in [2.45, 2.75) is 0 Å². The van der Waals surface area contributed by atoms with Crippen molar-refractivity contribution in [1.82, 2.24) is 0 Å². The van der Waals surface area contributed by atoms with Crippen LogP contribution >= 0.6 is 0 Å². The van der Waals surface area contributed by atoms with Crippen LogP contribution in [-0.4, -0.2) is 19.7 Å². The number of rotatable bonds is 3. The van der Waals surface area contributed by atoms with Crippen LogP contribution in [0.15, 0.2) is 42.5 Å². The number of hydrogen-bond acceptors (Lipinski definition) is 4. The number of ketones is 1. The zero-order valence-corrected chi connectivity index (χ0v) is 10.4. The molecule has 0 saturated heterocycles. The quantitative estimate of drug-likeness (QED) is 0.792. The minimum Gasteiger partial charge on any atom is -0.497 e. The van der Waals surface area contributed by atoms with Crippen LogP contribution in [0, 0.1) is 0 Å². The standard InChI is InChI=1S/C15H12O4/c1-17-12-4-2-3-10(7-12)15(16)11-5-6-13-14(8-11)19-9-18-13/h2-8H,9H2,1H3. The smallest absolute Gasteiger partial charge is 0.231 e. The number of benzene rings is 2. The van der Waals surface area contributed by atoms with Gasteiger partial charge in [0.05, 0.1) is 7.11 Å². The van der Waals surface area contributed by atoms with E-state index in [9.17, 15) is 4.79 Å². The number of ether oxygens (including phenoxy) is 3. The van der Waals surface area contributed by atoms with Gasteiger partial charge in [-0.15, -0.1) is 0 Å². The summed E-state index contributed by atoms with van der Waals surface area (Å²) in [5.41, 5.74) is 1.15. The Kier molecular flexibility index (Phi) is 2.83. The molecule has 19 heavy (non-hydrogen) atoms. The Morgan fingerprint density at radius 3 is 2.68 bits per heavy atom. The zero-order chi connectivity index (χ0) is 13.2. The van der Waals surface area contributed by atoms with E-state index in [0.717, 1.165) is 0 Å². The highest BCUT2D eigenvalue weighted by Crippen LogP contribution is 2.33. The van der Waals surface area contributed by atoms with E-state index in [1.54, 1.807) is 49.6 Å². The van der Waals surface area contributed by atoms with Gasteiger partial charge in [-0.1, -0.05) is 12.1 Å². The van der Waals surface area contributed by atoms with E-state index >= 15 is 0 Å². The van der Waals surface area contributed by atoms with Gasteiger partial charge in [-0.25, -0.2) is 0 Å². The predicted molar refractivity (Wildman–Crippen MR) is 69.0 cm³/mol. The van der Waals surface area contributed by atoms with Crippen LogP contribution in [0.4, 0.5) is 0 Å². The van der Waals surface area contributed by atoms with Crippen molar-refractivity contribution in [2.24, 2.45) is 0 Å². The largest absolute Gasteiger partial charge is 0.497 e. The van der Waals surface area contributed by atoms with E-state index in [1.165, 1.54) is 0 Å². The summed E-state index contributed by atoms with van der Waals surface area (Å²) in [7, 11) is 1.57. The van der Waals surface area contributed by atoms with Crippen LogP contribution in [0.3, 0.4) is 0 Å². The third-order valence-electron chi connectivity index (χ3n) is 2.97. The Morgan fingerprint density at radius 2 is 1.84 bits per heavy atom. The minimum atomic E-state index is -0.0720. The van der Waals surface area contributed by atoms with Gasteiger partial charge in [-0.3, -0.25) is 4.79 Å². The Morgan fingerprint density at radius 1 is 1.05 bits per heavy atom. The molecule has 0 radical (unpaired) electrons. The van der Waals surface area contributed by atoms with Crippen LogP contribution in [0.1, 0.15) is 15.9 Å². The molecule has 0 unspecified atom stereocenters. The van der Waals surface area contributed by atoms with Gasteiger partial charge in [0.1, 0.15) is 5.75 Å². The minimum absolute atomic E-state index is 0.0720. The number of fused-ring (bicyclic) bond motifs is 1.